The van der Waals surface area contributed by atoms with Crippen LogP contribution >= 0.6 is 11.8 Å². The third-order valence-electron chi connectivity index (χ3n) is 4.03. The number of nitrogens with one attached hydrogen (secondary N) is 2. The second-order valence-corrected chi connectivity index (χ2v) is 6.86. The van der Waals surface area contributed by atoms with Gasteiger partial charge in [-0.25, -0.2) is 4.79 Å². The lowest BCUT2D eigenvalue weighted by Crippen LogP contribution is -2.48. The van der Waals surface area contributed by atoms with Crippen molar-refractivity contribution >= 4 is 23.7 Å². The highest BCUT2D eigenvalue weighted by molar-refractivity contribution is 7.99. The lowest BCUT2D eigenvalue weighted by atomic mass is 9.86. The molecule has 9 nitrogen and oxygen atoms in total. The summed E-state index contributed by atoms with van der Waals surface area (Å²) in [6.07, 6.45) is 4.26. The summed E-state index contributed by atoms with van der Waals surface area (Å²) in [5.41, 5.74) is -0.302. The number of nitrogens with zero attached hydrogens (tertiary/aromatic N) is 3. The maximum Gasteiger partial charge on any atom is 0.321 e. The normalized spacial score (nSPS) is 20.4. The zero-order chi connectivity index (χ0) is 17.7. The Balaban J connectivity index is 1.82. The Morgan fingerprint density at radius 1 is 1.33 bits per heavy atom. The largest absolute Gasteiger partial charge is 0.335 e. The first kappa shape index (κ1) is 18.2. The van der Waals surface area contributed by atoms with Crippen LogP contribution in [0.1, 0.15) is 38.3 Å². The van der Waals surface area contributed by atoms with Gasteiger partial charge in [0, 0.05) is 6.04 Å². The van der Waals surface area contributed by atoms with Crippen LogP contribution in [0.25, 0.3) is 0 Å². The molecular formula is C14H22N6O3S. The number of imide groups is 1. The average molecular weight is 354 g/mol. The molecule has 2 atom stereocenters. The fourth-order valence-corrected chi connectivity index (χ4v) is 3.25. The maximum atomic E-state index is 11.9. The monoisotopic (exact) mass is 354 g/mol. The van der Waals surface area contributed by atoms with Gasteiger partial charge in [0.15, 0.2) is 0 Å². The Hall–Kier alpha value is -2.10. The van der Waals surface area contributed by atoms with E-state index < -0.39 is 17.5 Å². The third kappa shape index (κ3) is 4.70. The number of nitrogen functional groups attached to an aromatic ring is 1. The van der Waals surface area contributed by atoms with Crippen LogP contribution in [0.3, 0.4) is 0 Å². The van der Waals surface area contributed by atoms with E-state index in [4.69, 9.17) is 5.84 Å². The quantitative estimate of drug-likeness (QED) is 0.518. The lowest BCUT2D eigenvalue weighted by Gasteiger charge is -2.29. The van der Waals surface area contributed by atoms with E-state index in [9.17, 15) is 14.4 Å². The van der Waals surface area contributed by atoms with E-state index in [1.807, 2.05) is 0 Å². The Morgan fingerprint density at radius 3 is 2.75 bits per heavy atom. The van der Waals surface area contributed by atoms with Gasteiger partial charge in [-0.05, 0) is 25.7 Å². The van der Waals surface area contributed by atoms with Crippen LogP contribution in [0.2, 0.25) is 0 Å². The zero-order valence-electron chi connectivity index (χ0n) is 13.7. The predicted molar refractivity (Wildman–Crippen MR) is 90.0 cm³/mol. The Labute approximate surface area is 143 Å². The molecule has 2 rings (SSSR count). The molecule has 4 N–H and O–H groups in total. The highest BCUT2D eigenvalue weighted by Gasteiger charge is 2.23. The molecule has 0 unspecified atom stereocenters. The molecule has 0 spiro atoms. The van der Waals surface area contributed by atoms with E-state index in [-0.39, 0.29) is 22.6 Å². The second kappa shape index (κ2) is 8.13. The van der Waals surface area contributed by atoms with Crippen LogP contribution in [0.15, 0.2) is 9.95 Å². The first-order valence-electron chi connectivity index (χ1n) is 7.83. The van der Waals surface area contributed by atoms with E-state index in [0.29, 0.717) is 5.92 Å². The van der Waals surface area contributed by atoms with Crippen LogP contribution in [0, 0.1) is 12.8 Å². The number of aryl methyl sites for hydroxylation is 1. The van der Waals surface area contributed by atoms with Crippen LogP contribution in [0.4, 0.5) is 4.79 Å². The number of aromatic nitrogens is 3. The summed E-state index contributed by atoms with van der Waals surface area (Å²) in [6.45, 7) is 3.59. The fourth-order valence-electron chi connectivity index (χ4n) is 2.60. The minimum absolute atomic E-state index is 0.0939. The highest BCUT2D eigenvalue weighted by Crippen LogP contribution is 2.23. The molecule has 132 valence electrons. The van der Waals surface area contributed by atoms with Crippen molar-refractivity contribution < 1.29 is 9.59 Å². The molecule has 10 heteroatoms. The van der Waals surface area contributed by atoms with Gasteiger partial charge in [-0.3, -0.25) is 14.9 Å². The van der Waals surface area contributed by atoms with Gasteiger partial charge < -0.3 is 11.2 Å². The smallest absolute Gasteiger partial charge is 0.321 e. The number of thioether (sulfide) groups is 1. The summed E-state index contributed by atoms with van der Waals surface area (Å²) in [7, 11) is 0. The maximum absolute atomic E-state index is 11.9. The van der Waals surface area contributed by atoms with Gasteiger partial charge in [-0.15, -0.1) is 10.2 Å². The summed E-state index contributed by atoms with van der Waals surface area (Å²) in [5, 5.41) is 12.7. The summed E-state index contributed by atoms with van der Waals surface area (Å²) in [4.78, 5) is 35.3. The molecule has 3 amide bonds. The number of amides is 3. The molecule has 0 bridgehead atoms. The molecule has 0 radical (unpaired) electrons. The van der Waals surface area contributed by atoms with Crippen molar-refractivity contribution in [2.75, 3.05) is 11.6 Å². The standard InChI is InChI=1S/C14H22N6O3S/c1-8-5-3-4-6-10(8)16-13(23)17-11(21)7-24-14-19-18-9(2)12(22)20(14)15/h8,10H,3-7,15H2,1-2H3,(H2,16,17,21,23)/t8-,10-/m0/s1. The SMILES string of the molecule is Cc1nnc(SCC(=O)NC(=O)N[C@H]2CCCC[C@@H]2C)n(N)c1=O. The molecule has 1 heterocycles. The van der Waals surface area contributed by atoms with E-state index in [1.54, 1.807) is 0 Å². The molecule has 0 aliphatic heterocycles. The van der Waals surface area contributed by atoms with E-state index in [2.05, 4.69) is 27.8 Å². The minimum Gasteiger partial charge on any atom is -0.335 e. The molecule has 0 aromatic carbocycles. The molecule has 0 saturated heterocycles. The van der Waals surface area contributed by atoms with Crippen molar-refractivity contribution in [1.82, 2.24) is 25.5 Å². The molecule has 1 aromatic rings. The minimum atomic E-state index is -0.500. The van der Waals surface area contributed by atoms with Gasteiger partial charge in [0.1, 0.15) is 5.69 Å². The summed E-state index contributed by atoms with van der Waals surface area (Å²) >= 11 is 0.939. The number of hydrogen-bond acceptors (Lipinski definition) is 7. The van der Waals surface area contributed by atoms with Crippen LogP contribution in [-0.4, -0.2) is 38.6 Å². The van der Waals surface area contributed by atoms with Crippen molar-refractivity contribution in [1.29, 1.82) is 0 Å². The van der Waals surface area contributed by atoms with Crippen molar-refractivity contribution in [2.45, 2.75) is 50.7 Å². The van der Waals surface area contributed by atoms with Crippen LogP contribution in [0.5, 0.6) is 0 Å². The predicted octanol–water partition coefficient (Wildman–Crippen LogP) is 0.157. The van der Waals surface area contributed by atoms with Crippen LogP contribution < -0.4 is 22.0 Å². The number of carbonyl (C=O) groups excluding carboxylic acids is 2. The number of hydrogen-bond donors (Lipinski definition) is 3. The van der Waals surface area contributed by atoms with Gasteiger partial charge in [0.2, 0.25) is 11.1 Å². The fraction of sp³-hybridized carbons (Fsp3) is 0.643. The Bertz CT molecular complexity index is 677. The number of urea groups is 1. The van der Waals surface area contributed by atoms with Crippen molar-refractivity contribution in [3.05, 3.63) is 16.0 Å². The van der Waals surface area contributed by atoms with Gasteiger partial charge in [0.05, 0.1) is 5.75 Å². The number of rotatable bonds is 4. The topological polar surface area (TPSA) is 132 Å². The van der Waals surface area contributed by atoms with Crippen molar-refractivity contribution in [2.24, 2.45) is 5.92 Å². The number of nitrogens with two attached hydrogens (primary N) is 1. The van der Waals surface area contributed by atoms with Crippen molar-refractivity contribution in [3.63, 3.8) is 0 Å². The summed E-state index contributed by atoms with van der Waals surface area (Å²) in [5.74, 6) is 5.40. The van der Waals surface area contributed by atoms with Gasteiger partial charge in [0.25, 0.3) is 5.56 Å². The van der Waals surface area contributed by atoms with E-state index >= 15 is 0 Å². The van der Waals surface area contributed by atoms with Gasteiger partial charge in [-0.2, -0.15) is 4.68 Å². The van der Waals surface area contributed by atoms with Crippen LogP contribution in [-0.2, 0) is 4.79 Å². The number of carbonyl (C=O) groups is 2. The second-order valence-electron chi connectivity index (χ2n) is 5.92. The molecule has 1 aliphatic carbocycles. The molecule has 1 fully saturated rings. The Kier molecular flexibility index (Phi) is 6.18. The van der Waals surface area contributed by atoms with Gasteiger partial charge in [-0.1, -0.05) is 31.5 Å². The Morgan fingerprint density at radius 2 is 2.04 bits per heavy atom. The summed E-state index contributed by atoms with van der Waals surface area (Å²) in [6, 6.07) is -0.407. The van der Waals surface area contributed by atoms with E-state index in [1.165, 1.54) is 13.3 Å². The van der Waals surface area contributed by atoms with Gasteiger partial charge >= 0.3 is 6.03 Å². The molecule has 24 heavy (non-hydrogen) atoms. The third-order valence-corrected chi connectivity index (χ3v) is 4.98. The molecule has 1 aromatic heterocycles. The average Bonchev–Trinajstić information content (AvgIpc) is 2.54. The first-order chi connectivity index (χ1) is 11.4. The molecular weight excluding hydrogens is 332 g/mol. The highest BCUT2D eigenvalue weighted by atomic mass is 32.2. The van der Waals surface area contributed by atoms with E-state index in [0.717, 1.165) is 35.7 Å². The lowest BCUT2D eigenvalue weighted by molar-refractivity contribution is -0.117. The summed E-state index contributed by atoms with van der Waals surface area (Å²) < 4.78 is 0.837. The first-order valence-corrected chi connectivity index (χ1v) is 8.81. The van der Waals surface area contributed by atoms with Crippen molar-refractivity contribution in [3.8, 4) is 0 Å². The molecule has 1 aliphatic rings. The molecule has 1 saturated carbocycles. The zero-order valence-corrected chi connectivity index (χ0v) is 14.6.